The van der Waals surface area contributed by atoms with Crippen LogP contribution in [0.5, 0.6) is 11.5 Å². The molecule has 0 radical (unpaired) electrons. The standard InChI is InChI=1S/C16H26N2O2/c1-12(2)18-8-6-14(7-9-18)17-11-13-4-5-15(19)16(10-13)20-3/h4-5,10,12,14,17,19H,6-9,11H2,1-3H3. The number of likely N-dealkylation sites (tertiary alicyclic amines) is 1. The number of benzene rings is 1. The normalized spacial score (nSPS) is 17.6. The number of phenolic OH excluding ortho intramolecular Hbond substituents is 1. The fourth-order valence-electron chi connectivity index (χ4n) is 2.71. The molecule has 4 nitrogen and oxygen atoms in total. The van der Waals surface area contributed by atoms with Crippen molar-refractivity contribution in [3.63, 3.8) is 0 Å². The lowest BCUT2D eigenvalue weighted by Crippen LogP contribution is -2.44. The van der Waals surface area contributed by atoms with E-state index >= 15 is 0 Å². The van der Waals surface area contributed by atoms with Gasteiger partial charge in [-0.25, -0.2) is 0 Å². The van der Waals surface area contributed by atoms with Crippen LogP contribution in [0.1, 0.15) is 32.3 Å². The lowest BCUT2D eigenvalue weighted by molar-refractivity contribution is 0.161. The van der Waals surface area contributed by atoms with Crippen LogP contribution < -0.4 is 10.1 Å². The monoisotopic (exact) mass is 278 g/mol. The average Bonchev–Trinajstić information content (AvgIpc) is 2.46. The van der Waals surface area contributed by atoms with Crippen LogP contribution in [0.2, 0.25) is 0 Å². The van der Waals surface area contributed by atoms with Crippen molar-refractivity contribution in [2.45, 2.75) is 45.3 Å². The minimum absolute atomic E-state index is 0.196. The highest BCUT2D eigenvalue weighted by Gasteiger charge is 2.20. The van der Waals surface area contributed by atoms with Crippen molar-refractivity contribution < 1.29 is 9.84 Å². The zero-order chi connectivity index (χ0) is 14.5. The van der Waals surface area contributed by atoms with E-state index < -0.39 is 0 Å². The summed E-state index contributed by atoms with van der Waals surface area (Å²) in [5, 5.41) is 13.2. The van der Waals surface area contributed by atoms with Gasteiger partial charge in [-0.1, -0.05) is 6.07 Å². The largest absolute Gasteiger partial charge is 0.504 e. The van der Waals surface area contributed by atoms with Crippen LogP contribution in [0, 0.1) is 0 Å². The second-order valence-corrected chi connectivity index (χ2v) is 5.79. The van der Waals surface area contributed by atoms with Crippen molar-refractivity contribution in [3.05, 3.63) is 23.8 Å². The number of hydrogen-bond donors (Lipinski definition) is 2. The van der Waals surface area contributed by atoms with Gasteiger partial charge in [0, 0.05) is 18.6 Å². The summed E-state index contributed by atoms with van der Waals surface area (Å²) in [5.41, 5.74) is 1.14. The number of phenols is 1. The van der Waals surface area contributed by atoms with E-state index in [1.54, 1.807) is 13.2 Å². The molecule has 0 saturated carbocycles. The SMILES string of the molecule is COc1cc(CNC2CCN(C(C)C)CC2)ccc1O. The van der Waals surface area contributed by atoms with Crippen LogP contribution in [0.15, 0.2) is 18.2 Å². The molecule has 4 heteroatoms. The third kappa shape index (κ3) is 3.87. The Morgan fingerprint density at radius 2 is 2.05 bits per heavy atom. The maximum absolute atomic E-state index is 9.58. The van der Waals surface area contributed by atoms with Gasteiger partial charge in [0.25, 0.3) is 0 Å². The van der Waals surface area contributed by atoms with Gasteiger partial charge in [-0.05, 0) is 57.5 Å². The van der Waals surface area contributed by atoms with E-state index in [0.717, 1.165) is 12.1 Å². The molecule has 0 aromatic heterocycles. The summed E-state index contributed by atoms with van der Waals surface area (Å²) in [6.45, 7) is 7.69. The highest BCUT2D eigenvalue weighted by molar-refractivity contribution is 5.41. The number of ether oxygens (including phenoxy) is 1. The minimum Gasteiger partial charge on any atom is -0.504 e. The first-order valence-corrected chi connectivity index (χ1v) is 7.43. The van der Waals surface area contributed by atoms with Gasteiger partial charge in [0.05, 0.1) is 7.11 Å². The summed E-state index contributed by atoms with van der Waals surface area (Å²) < 4.78 is 5.13. The smallest absolute Gasteiger partial charge is 0.160 e. The number of rotatable bonds is 5. The second kappa shape index (κ2) is 6.95. The van der Waals surface area contributed by atoms with Crippen molar-refractivity contribution in [3.8, 4) is 11.5 Å². The van der Waals surface area contributed by atoms with E-state index in [1.807, 2.05) is 12.1 Å². The van der Waals surface area contributed by atoms with E-state index in [2.05, 4.69) is 24.1 Å². The Bertz CT molecular complexity index is 426. The Labute approximate surface area is 121 Å². The van der Waals surface area contributed by atoms with E-state index in [4.69, 9.17) is 4.74 Å². The van der Waals surface area contributed by atoms with Crippen molar-refractivity contribution in [2.24, 2.45) is 0 Å². The van der Waals surface area contributed by atoms with Gasteiger partial charge in [0.15, 0.2) is 11.5 Å². The predicted molar refractivity (Wildman–Crippen MR) is 81.2 cm³/mol. The van der Waals surface area contributed by atoms with E-state index in [0.29, 0.717) is 17.8 Å². The molecule has 0 atom stereocenters. The molecule has 1 aromatic carbocycles. The van der Waals surface area contributed by atoms with Crippen LogP contribution in [0.4, 0.5) is 0 Å². The maximum atomic E-state index is 9.58. The van der Waals surface area contributed by atoms with Crippen LogP contribution in [-0.4, -0.2) is 42.3 Å². The molecular weight excluding hydrogens is 252 g/mol. The molecule has 1 aromatic rings. The van der Waals surface area contributed by atoms with Crippen LogP contribution >= 0.6 is 0 Å². The number of aromatic hydroxyl groups is 1. The van der Waals surface area contributed by atoms with E-state index in [-0.39, 0.29) is 5.75 Å². The van der Waals surface area contributed by atoms with Gasteiger partial charge in [-0.3, -0.25) is 0 Å². The molecular formula is C16H26N2O2. The molecule has 1 saturated heterocycles. The summed E-state index contributed by atoms with van der Waals surface area (Å²) in [6, 6.07) is 6.76. The first-order valence-electron chi connectivity index (χ1n) is 7.43. The number of methoxy groups -OCH3 is 1. The van der Waals surface area contributed by atoms with Gasteiger partial charge < -0.3 is 20.1 Å². The molecule has 0 unspecified atom stereocenters. The van der Waals surface area contributed by atoms with Crippen molar-refractivity contribution in [2.75, 3.05) is 20.2 Å². The summed E-state index contributed by atoms with van der Waals surface area (Å²) in [5.74, 6) is 0.736. The third-order valence-electron chi connectivity index (χ3n) is 4.10. The van der Waals surface area contributed by atoms with Gasteiger partial charge >= 0.3 is 0 Å². The second-order valence-electron chi connectivity index (χ2n) is 5.79. The Hall–Kier alpha value is -1.26. The molecule has 1 fully saturated rings. The molecule has 0 spiro atoms. The molecule has 2 rings (SSSR count). The first-order chi connectivity index (χ1) is 9.60. The van der Waals surface area contributed by atoms with Crippen LogP contribution in [0.25, 0.3) is 0 Å². The molecule has 0 bridgehead atoms. The van der Waals surface area contributed by atoms with Gasteiger partial charge in [0.2, 0.25) is 0 Å². The molecule has 0 aliphatic carbocycles. The highest BCUT2D eigenvalue weighted by Crippen LogP contribution is 2.26. The lowest BCUT2D eigenvalue weighted by atomic mass is 10.0. The molecule has 1 aliphatic heterocycles. The number of nitrogens with one attached hydrogen (secondary N) is 1. The highest BCUT2D eigenvalue weighted by atomic mass is 16.5. The first kappa shape index (κ1) is 15.1. The van der Waals surface area contributed by atoms with Gasteiger partial charge in [0.1, 0.15) is 0 Å². The van der Waals surface area contributed by atoms with Crippen LogP contribution in [0.3, 0.4) is 0 Å². The lowest BCUT2D eigenvalue weighted by Gasteiger charge is -2.35. The zero-order valence-corrected chi connectivity index (χ0v) is 12.7. The minimum atomic E-state index is 0.196. The maximum Gasteiger partial charge on any atom is 0.160 e. The average molecular weight is 278 g/mol. The van der Waals surface area contributed by atoms with E-state index in [9.17, 15) is 5.11 Å². The molecule has 20 heavy (non-hydrogen) atoms. The van der Waals surface area contributed by atoms with Gasteiger partial charge in [-0.15, -0.1) is 0 Å². The Morgan fingerprint density at radius 1 is 1.35 bits per heavy atom. The fourth-order valence-corrected chi connectivity index (χ4v) is 2.71. The van der Waals surface area contributed by atoms with Crippen LogP contribution in [-0.2, 0) is 6.54 Å². The van der Waals surface area contributed by atoms with Crippen molar-refractivity contribution >= 4 is 0 Å². The molecule has 1 aliphatic rings. The quantitative estimate of drug-likeness (QED) is 0.868. The summed E-state index contributed by atoms with van der Waals surface area (Å²) in [7, 11) is 1.58. The van der Waals surface area contributed by atoms with E-state index in [1.165, 1.54) is 25.9 Å². The fraction of sp³-hybridized carbons (Fsp3) is 0.625. The number of piperidine rings is 1. The molecule has 112 valence electrons. The molecule has 1 heterocycles. The number of hydrogen-bond acceptors (Lipinski definition) is 4. The Balaban J connectivity index is 1.81. The van der Waals surface area contributed by atoms with Gasteiger partial charge in [-0.2, -0.15) is 0 Å². The Morgan fingerprint density at radius 3 is 2.65 bits per heavy atom. The summed E-state index contributed by atoms with van der Waals surface area (Å²) >= 11 is 0. The van der Waals surface area contributed by atoms with Crippen molar-refractivity contribution in [1.29, 1.82) is 0 Å². The molecule has 0 amide bonds. The third-order valence-corrected chi connectivity index (χ3v) is 4.10. The number of nitrogens with zero attached hydrogens (tertiary/aromatic N) is 1. The Kier molecular flexibility index (Phi) is 5.26. The topological polar surface area (TPSA) is 44.7 Å². The zero-order valence-electron chi connectivity index (χ0n) is 12.7. The summed E-state index contributed by atoms with van der Waals surface area (Å²) in [6.07, 6.45) is 2.40. The van der Waals surface area contributed by atoms with Crippen molar-refractivity contribution in [1.82, 2.24) is 10.2 Å². The molecule has 2 N–H and O–H groups in total. The summed E-state index contributed by atoms with van der Waals surface area (Å²) in [4.78, 5) is 2.53. The predicted octanol–water partition coefficient (Wildman–Crippen LogP) is 2.36.